The molecule has 2 N–H and O–H groups in total. The molecule has 3 aromatic rings. The van der Waals surface area contributed by atoms with E-state index in [1.54, 1.807) is 10.5 Å². The molecule has 4 nitrogen and oxygen atoms in total. The molecule has 0 spiro atoms. The Kier molecular flexibility index (Phi) is 6.30. The summed E-state index contributed by atoms with van der Waals surface area (Å²) in [7, 11) is 0. The monoisotopic (exact) mass is 378 g/mol. The zero-order valence-corrected chi connectivity index (χ0v) is 17.6. The van der Waals surface area contributed by atoms with Crippen LogP contribution in [0.15, 0.2) is 53.3 Å². The molecule has 0 aliphatic rings. The lowest BCUT2D eigenvalue weighted by Crippen LogP contribution is -2.84. The number of pyridine rings is 1. The van der Waals surface area contributed by atoms with Crippen molar-refractivity contribution >= 4 is 5.65 Å². The SMILES string of the molecule is CC[C@H](C)c1ccc([C@@H]([NH2+]Cc2cc(=O)n3c(C)cccc3n2)C(C)C)cc1. The van der Waals surface area contributed by atoms with Gasteiger partial charge in [-0.3, -0.25) is 9.20 Å². The fourth-order valence-corrected chi connectivity index (χ4v) is 3.79. The molecule has 0 bridgehead atoms. The maximum absolute atomic E-state index is 12.5. The average Bonchev–Trinajstić information content (AvgIpc) is 2.67. The summed E-state index contributed by atoms with van der Waals surface area (Å²) >= 11 is 0. The van der Waals surface area contributed by atoms with E-state index in [0.29, 0.717) is 24.4 Å². The molecule has 0 saturated heterocycles. The van der Waals surface area contributed by atoms with Crippen molar-refractivity contribution in [1.82, 2.24) is 9.38 Å². The summed E-state index contributed by atoms with van der Waals surface area (Å²) < 4.78 is 1.66. The van der Waals surface area contributed by atoms with Crippen LogP contribution in [0.1, 0.15) is 68.6 Å². The second kappa shape index (κ2) is 8.70. The molecule has 0 unspecified atom stereocenters. The van der Waals surface area contributed by atoms with Crippen molar-refractivity contribution in [3.05, 3.63) is 81.4 Å². The highest BCUT2D eigenvalue weighted by Crippen LogP contribution is 2.23. The molecular weight excluding hydrogens is 346 g/mol. The van der Waals surface area contributed by atoms with Gasteiger partial charge in [0.25, 0.3) is 5.56 Å². The summed E-state index contributed by atoms with van der Waals surface area (Å²) in [5.41, 5.74) is 5.17. The van der Waals surface area contributed by atoms with Gasteiger partial charge < -0.3 is 5.32 Å². The Balaban J connectivity index is 1.80. The summed E-state index contributed by atoms with van der Waals surface area (Å²) in [6, 6.07) is 16.8. The van der Waals surface area contributed by atoms with Crippen LogP contribution in [-0.4, -0.2) is 9.38 Å². The zero-order valence-electron chi connectivity index (χ0n) is 17.6. The van der Waals surface area contributed by atoms with Crippen LogP contribution in [0, 0.1) is 12.8 Å². The standard InChI is InChI=1S/C24H31N3O/c1-6-17(4)19-10-12-20(13-11-19)24(16(2)3)25-15-21-14-23(28)27-18(5)8-7-9-22(27)26-21/h7-14,16-17,24-25H,6,15H2,1-5H3/p+1/t17-,24-/m0/s1. The molecule has 0 aliphatic carbocycles. The normalized spacial score (nSPS) is 13.8. The highest BCUT2D eigenvalue weighted by molar-refractivity contribution is 5.40. The second-order valence-electron chi connectivity index (χ2n) is 8.13. The van der Waals surface area contributed by atoms with Gasteiger partial charge in [-0.25, -0.2) is 4.98 Å². The summed E-state index contributed by atoms with van der Waals surface area (Å²) in [6.45, 7) is 11.6. The third-order valence-electron chi connectivity index (χ3n) is 5.74. The number of aromatic nitrogens is 2. The smallest absolute Gasteiger partial charge is 0.258 e. The van der Waals surface area contributed by atoms with Gasteiger partial charge in [-0.05, 0) is 37.0 Å². The van der Waals surface area contributed by atoms with Crippen LogP contribution in [0.5, 0.6) is 0 Å². The Labute approximate surface area is 167 Å². The topological polar surface area (TPSA) is 51.0 Å². The van der Waals surface area contributed by atoms with E-state index in [1.165, 1.54) is 11.1 Å². The molecule has 28 heavy (non-hydrogen) atoms. The van der Waals surface area contributed by atoms with Gasteiger partial charge in [-0.1, -0.05) is 58.0 Å². The molecule has 0 amide bonds. The van der Waals surface area contributed by atoms with Crippen LogP contribution < -0.4 is 10.9 Å². The quantitative estimate of drug-likeness (QED) is 0.676. The third-order valence-corrected chi connectivity index (χ3v) is 5.74. The maximum Gasteiger partial charge on any atom is 0.258 e. The minimum Gasteiger partial charge on any atom is -0.335 e. The Hall–Kier alpha value is -2.46. The molecular formula is C24H32N3O+. The van der Waals surface area contributed by atoms with Crippen LogP contribution >= 0.6 is 0 Å². The molecule has 0 aliphatic heterocycles. The zero-order chi connectivity index (χ0) is 20.3. The van der Waals surface area contributed by atoms with Crippen LogP contribution in [0.4, 0.5) is 0 Å². The van der Waals surface area contributed by atoms with Crippen LogP contribution in [0.25, 0.3) is 5.65 Å². The van der Waals surface area contributed by atoms with E-state index in [-0.39, 0.29) is 5.56 Å². The molecule has 148 valence electrons. The molecule has 1 aromatic carbocycles. The molecule has 4 heteroatoms. The van der Waals surface area contributed by atoms with E-state index in [9.17, 15) is 4.79 Å². The number of nitrogens with zero attached hydrogens (tertiary/aromatic N) is 2. The van der Waals surface area contributed by atoms with E-state index in [4.69, 9.17) is 4.98 Å². The minimum absolute atomic E-state index is 0.00879. The number of benzene rings is 1. The fraction of sp³-hybridized carbons (Fsp3) is 0.417. The van der Waals surface area contributed by atoms with Crippen molar-refractivity contribution in [2.75, 3.05) is 0 Å². The van der Waals surface area contributed by atoms with E-state index in [1.807, 2.05) is 25.1 Å². The number of aryl methyl sites for hydroxylation is 1. The predicted molar refractivity (Wildman–Crippen MR) is 115 cm³/mol. The van der Waals surface area contributed by atoms with Gasteiger partial charge in [0, 0.05) is 23.2 Å². The molecule has 0 fully saturated rings. The van der Waals surface area contributed by atoms with E-state index >= 15 is 0 Å². The molecule has 0 radical (unpaired) electrons. The molecule has 3 rings (SSSR count). The van der Waals surface area contributed by atoms with Crippen molar-refractivity contribution < 1.29 is 5.32 Å². The lowest BCUT2D eigenvalue weighted by Gasteiger charge is -2.20. The number of nitrogens with two attached hydrogens (primary N) is 1. The Bertz CT molecular complexity index is 989. The first-order chi connectivity index (χ1) is 13.4. The van der Waals surface area contributed by atoms with E-state index < -0.39 is 0 Å². The maximum atomic E-state index is 12.5. The lowest BCUT2D eigenvalue weighted by molar-refractivity contribution is -0.717. The predicted octanol–water partition coefficient (Wildman–Crippen LogP) is 3.98. The van der Waals surface area contributed by atoms with Crippen molar-refractivity contribution in [2.24, 2.45) is 5.92 Å². The van der Waals surface area contributed by atoms with E-state index in [0.717, 1.165) is 23.5 Å². The number of hydrogen-bond donors (Lipinski definition) is 1. The molecule has 2 aromatic heterocycles. The Morgan fingerprint density at radius 3 is 2.36 bits per heavy atom. The lowest BCUT2D eigenvalue weighted by atomic mass is 9.92. The van der Waals surface area contributed by atoms with Crippen molar-refractivity contribution in [3.8, 4) is 0 Å². The molecule has 0 saturated carbocycles. The highest BCUT2D eigenvalue weighted by Gasteiger charge is 2.20. The Morgan fingerprint density at radius 2 is 1.71 bits per heavy atom. The first-order valence-corrected chi connectivity index (χ1v) is 10.3. The number of quaternary nitrogens is 1. The van der Waals surface area contributed by atoms with Gasteiger partial charge in [0.15, 0.2) is 0 Å². The second-order valence-corrected chi connectivity index (χ2v) is 8.13. The number of fused-ring (bicyclic) bond motifs is 1. The fourth-order valence-electron chi connectivity index (χ4n) is 3.79. The Morgan fingerprint density at radius 1 is 1.04 bits per heavy atom. The van der Waals surface area contributed by atoms with Gasteiger partial charge in [0.1, 0.15) is 23.9 Å². The summed E-state index contributed by atoms with van der Waals surface area (Å²) in [5, 5.41) is 2.30. The van der Waals surface area contributed by atoms with Crippen LogP contribution in [0.2, 0.25) is 0 Å². The first-order valence-electron chi connectivity index (χ1n) is 10.3. The van der Waals surface area contributed by atoms with Crippen LogP contribution in [0.3, 0.4) is 0 Å². The highest BCUT2D eigenvalue weighted by atomic mass is 16.1. The summed E-state index contributed by atoms with van der Waals surface area (Å²) in [4.78, 5) is 17.2. The van der Waals surface area contributed by atoms with Crippen LogP contribution in [-0.2, 0) is 6.54 Å². The van der Waals surface area contributed by atoms with Gasteiger partial charge in [-0.15, -0.1) is 0 Å². The number of rotatable bonds is 7. The summed E-state index contributed by atoms with van der Waals surface area (Å²) in [5.74, 6) is 1.08. The molecule has 2 atom stereocenters. The summed E-state index contributed by atoms with van der Waals surface area (Å²) in [6.07, 6.45) is 1.15. The van der Waals surface area contributed by atoms with E-state index in [2.05, 4.69) is 57.3 Å². The van der Waals surface area contributed by atoms with Crippen molar-refractivity contribution in [3.63, 3.8) is 0 Å². The first kappa shape index (κ1) is 20.3. The van der Waals surface area contributed by atoms with Crippen molar-refractivity contribution in [1.29, 1.82) is 0 Å². The average molecular weight is 379 g/mol. The minimum atomic E-state index is -0.00879. The van der Waals surface area contributed by atoms with Gasteiger partial charge in [0.05, 0.1) is 0 Å². The van der Waals surface area contributed by atoms with Gasteiger partial charge in [-0.2, -0.15) is 0 Å². The molecule has 2 heterocycles. The third kappa shape index (κ3) is 4.33. The number of hydrogen-bond acceptors (Lipinski definition) is 2. The van der Waals surface area contributed by atoms with Crippen molar-refractivity contribution in [2.45, 2.75) is 59.5 Å². The van der Waals surface area contributed by atoms with Gasteiger partial charge in [0.2, 0.25) is 0 Å². The largest absolute Gasteiger partial charge is 0.335 e. The van der Waals surface area contributed by atoms with Gasteiger partial charge >= 0.3 is 0 Å².